The normalized spacial score (nSPS) is 12.1. The number of hydrogen-bond donors (Lipinski definition) is 0. The SMILES string of the molecule is CCOC(=O)C(F)(F)Cc1ccc([N+](=O)[O-])cc1C(F)(F)F. The van der Waals surface area contributed by atoms with Crippen molar-refractivity contribution in [2.24, 2.45) is 0 Å². The molecule has 0 radical (unpaired) electrons. The zero-order valence-corrected chi connectivity index (χ0v) is 11.1. The van der Waals surface area contributed by atoms with Crippen molar-refractivity contribution in [2.45, 2.75) is 25.4 Å². The predicted molar refractivity (Wildman–Crippen MR) is 63.4 cm³/mol. The van der Waals surface area contributed by atoms with Crippen LogP contribution in [-0.2, 0) is 22.1 Å². The molecule has 1 aromatic carbocycles. The Balaban J connectivity index is 3.24. The summed E-state index contributed by atoms with van der Waals surface area (Å²) in [7, 11) is 0. The van der Waals surface area contributed by atoms with E-state index in [0.717, 1.165) is 0 Å². The van der Waals surface area contributed by atoms with Crippen molar-refractivity contribution in [3.05, 3.63) is 39.4 Å². The van der Waals surface area contributed by atoms with Crippen molar-refractivity contribution >= 4 is 11.7 Å². The molecule has 0 bridgehead atoms. The first-order valence-electron chi connectivity index (χ1n) is 5.88. The molecule has 0 amide bonds. The minimum absolute atomic E-state index is 0.149. The maximum atomic E-state index is 13.5. The summed E-state index contributed by atoms with van der Waals surface area (Å²) in [5.41, 5.74) is -3.42. The van der Waals surface area contributed by atoms with Gasteiger partial charge in [0.15, 0.2) is 0 Å². The number of ether oxygens (including phenoxy) is 1. The summed E-state index contributed by atoms with van der Waals surface area (Å²) >= 11 is 0. The van der Waals surface area contributed by atoms with Crippen LogP contribution in [0.3, 0.4) is 0 Å². The molecule has 0 N–H and O–H groups in total. The average Bonchev–Trinajstić information content (AvgIpc) is 2.37. The van der Waals surface area contributed by atoms with Gasteiger partial charge in [-0.15, -0.1) is 0 Å². The fraction of sp³-hybridized carbons (Fsp3) is 0.417. The second kappa shape index (κ2) is 6.24. The lowest BCUT2D eigenvalue weighted by Gasteiger charge is -2.18. The van der Waals surface area contributed by atoms with Gasteiger partial charge in [-0.2, -0.15) is 22.0 Å². The van der Waals surface area contributed by atoms with Crippen molar-refractivity contribution in [2.75, 3.05) is 6.61 Å². The molecule has 0 atom stereocenters. The van der Waals surface area contributed by atoms with Crippen LogP contribution in [0.2, 0.25) is 0 Å². The van der Waals surface area contributed by atoms with Crippen LogP contribution < -0.4 is 0 Å². The molecule has 0 aliphatic carbocycles. The van der Waals surface area contributed by atoms with Crippen molar-refractivity contribution in [1.82, 2.24) is 0 Å². The number of non-ortho nitro benzene ring substituents is 1. The second-order valence-electron chi connectivity index (χ2n) is 4.20. The van der Waals surface area contributed by atoms with Crippen LogP contribution in [0.4, 0.5) is 27.6 Å². The monoisotopic (exact) mass is 327 g/mol. The molecule has 0 heterocycles. The van der Waals surface area contributed by atoms with E-state index in [1.54, 1.807) is 0 Å². The van der Waals surface area contributed by atoms with Crippen LogP contribution in [0.25, 0.3) is 0 Å². The van der Waals surface area contributed by atoms with Crippen LogP contribution in [0.5, 0.6) is 0 Å². The largest absolute Gasteiger partial charge is 0.462 e. The summed E-state index contributed by atoms with van der Waals surface area (Å²) in [6, 6.07) is 1.36. The molecule has 0 saturated heterocycles. The topological polar surface area (TPSA) is 69.4 Å². The number of halogens is 5. The molecule has 122 valence electrons. The van der Waals surface area contributed by atoms with Gasteiger partial charge in [-0.05, 0) is 12.5 Å². The van der Waals surface area contributed by atoms with E-state index in [4.69, 9.17) is 0 Å². The standard InChI is InChI=1S/C12H10F5NO4/c1-2-22-10(19)11(13,14)6-7-3-4-8(18(20)21)5-9(7)12(15,16)17/h3-5H,2,6H2,1H3. The summed E-state index contributed by atoms with van der Waals surface area (Å²) in [6.07, 6.45) is -6.65. The van der Waals surface area contributed by atoms with E-state index in [-0.39, 0.29) is 12.7 Å². The number of nitro groups is 1. The lowest BCUT2D eigenvalue weighted by molar-refractivity contribution is -0.385. The molecule has 22 heavy (non-hydrogen) atoms. The number of nitrogens with zero attached hydrogens (tertiary/aromatic N) is 1. The average molecular weight is 327 g/mol. The molecule has 0 saturated carbocycles. The molecule has 0 aromatic heterocycles. The Morgan fingerprint density at radius 1 is 1.27 bits per heavy atom. The zero-order chi connectivity index (χ0) is 17.1. The summed E-state index contributed by atoms with van der Waals surface area (Å²) in [6.45, 7) is 0.905. The predicted octanol–water partition coefficient (Wildman–Crippen LogP) is 3.35. The van der Waals surface area contributed by atoms with Crippen LogP contribution in [0.1, 0.15) is 18.1 Å². The Morgan fingerprint density at radius 2 is 1.86 bits per heavy atom. The Kier molecular flexibility index (Phi) is 5.05. The van der Waals surface area contributed by atoms with Gasteiger partial charge in [0.2, 0.25) is 0 Å². The Hall–Kier alpha value is -2.26. The van der Waals surface area contributed by atoms with Gasteiger partial charge in [0.1, 0.15) is 0 Å². The van der Waals surface area contributed by atoms with Gasteiger partial charge < -0.3 is 4.74 Å². The summed E-state index contributed by atoms with van der Waals surface area (Å²) in [5.74, 6) is -6.13. The summed E-state index contributed by atoms with van der Waals surface area (Å²) in [5, 5.41) is 10.5. The molecule has 0 fully saturated rings. The fourth-order valence-corrected chi connectivity index (χ4v) is 1.64. The Bertz CT molecular complexity index is 585. The smallest absolute Gasteiger partial charge is 0.416 e. The number of rotatable bonds is 5. The number of carbonyl (C=O) groups excluding carboxylic acids is 1. The highest BCUT2D eigenvalue weighted by Crippen LogP contribution is 2.36. The van der Waals surface area contributed by atoms with E-state index in [0.29, 0.717) is 12.1 Å². The number of esters is 1. The molecule has 1 aromatic rings. The molecule has 0 unspecified atom stereocenters. The van der Waals surface area contributed by atoms with E-state index in [9.17, 15) is 36.9 Å². The van der Waals surface area contributed by atoms with E-state index in [1.165, 1.54) is 6.92 Å². The van der Waals surface area contributed by atoms with E-state index < -0.39 is 46.2 Å². The zero-order valence-electron chi connectivity index (χ0n) is 11.1. The van der Waals surface area contributed by atoms with Crippen LogP contribution >= 0.6 is 0 Å². The third-order valence-electron chi connectivity index (χ3n) is 2.60. The number of alkyl halides is 5. The first-order chi connectivity index (χ1) is 9.99. The van der Waals surface area contributed by atoms with Crippen LogP contribution in [0, 0.1) is 10.1 Å². The lowest BCUT2D eigenvalue weighted by Crippen LogP contribution is -2.34. The van der Waals surface area contributed by atoms with E-state index >= 15 is 0 Å². The highest BCUT2D eigenvalue weighted by atomic mass is 19.4. The molecule has 0 spiro atoms. The highest BCUT2D eigenvalue weighted by Gasteiger charge is 2.44. The van der Waals surface area contributed by atoms with Crippen molar-refractivity contribution < 1.29 is 36.4 Å². The second-order valence-corrected chi connectivity index (χ2v) is 4.20. The van der Waals surface area contributed by atoms with Crippen LogP contribution in [-0.4, -0.2) is 23.4 Å². The molecule has 10 heteroatoms. The minimum Gasteiger partial charge on any atom is -0.462 e. The third-order valence-corrected chi connectivity index (χ3v) is 2.60. The molecule has 0 aliphatic heterocycles. The number of nitro benzene ring substituents is 1. The van der Waals surface area contributed by atoms with Gasteiger partial charge in [0, 0.05) is 18.6 Å². The fourth-order valence-electron chi connectivity index (χ4n) is 1.64. The van der Waals surface area contributed by atoms with Crippen molar-refractivity contribution in [3.8, 4) is 0 Å². The summed E-state index contributed by atoms with van der Waals surface area (Å²) < 4.78 is 69.7. The van der Waals surface area contributed by atoms with Gasteiger partial charge in [0.05, 0.1) is 17.1 Å². The maximum Gasteiger partial charge on any atom is 0.416 e. The number of hydrogen-bond acceptors (Lipinski definition) is 4. The lowest BCUT2D eigenvalue weighted by atomic mass is 9.99. The Labute approximate surface area is 120 Å². The van der Waals surface area contributed by atoms with Gasteiger partial charge in [-0.25, -0.2) is 4.79 Å². The van der Waals surface area contributed by atoms with Gasteiger partial charge in [-0.1, -0.05) is 6.07 Å². The van der Waals surface area contributed by atoms with E-state index in [1.807, 2.05) is 0 Å². The minimum atomic E-state index is -5.08. The van der Waals surface area contributed by atoms with Gasteiger partial charge >= 0.3 is 18.1 Å². The highest BCUT2D eigenvalue weighted by molar-refractivity contribution is 5.78. The summed E-state index contributed by atoms with van der Waals surface area (Å²) in [4.78, 5) is 20.4. The first kappa shape index (κ1) is 17.8. The third kappa shape index (κ3) is 4.12. The number of benzene rings is 1. The maximum absolute atomic E-state index is 13.5. The molecule has 5 nitrogen and oxygen atoms in total. The molecule has 0 aliphatic rings. The van der Waals surface area contributed by atoms with Crippen molar-refractivity contribution in [3.63, 3.8) is 0 Å². The van der Waals surface area contributed by atoms with Crippen LogP contribution in [0.15, 0.2) is 18.2 Å². The van der Waals surface area contributed by atoms with E-state index in [2.05, 4.69) is 4.74 Å². The molecular weight excluding hydrogens is 317 g/mol. The molecular formula is C12H10F5NO4. The van der Waals surface area contributed by atoms with Gasteiger partial charge in [-0.3, -0.25) is 10.1 Å². The number of carbonyl (C=O) groups is 1. The first-order valence-corrected chi connectivity index (χ1v) is 5.88. The quantitative estimate of drug-likeness (QED) is 0.360. The van der Waals surface area contributed by atoms with Crippen molar-refractivity contribution in [1.29, 1.82) is 0 Å². The Morgan fingerprint density at radius 3 is 2.32 bits per heavy atom. The molecule has 1 rings (SSSR count). The van der Waals surface area contributed by atoms with Gasteiger partial charge in [0.25, 0.3) is 5.69 Å².